The molecule has 0 saturated carbocycles. The quantitative estimate of drug-likeness (QED) is 0.642. The van der Waals surface area contributed by atoms with Crippen molar-refractivity contribution in [3.05, 3.63) is 0 Å². The minimum atomic E-state index is 0.307. The van der Waals surface area contributed by atoms with Crippen LogP contribution in [0.3, 0.4) is 0 Å². The van der Waals surface area contributed by atoms with Crippen LogP contribution in [0.15, 0.2) is 0 Å². The molecule has 0 aromatic rings. The van der Waals surface area contributed by atoms with Crippen LogP contribution in [-0.2, 0) is 4.79 Å². The number of rotatable bonds is 3. The van der Waals surface area contributed by atoms with Crippen LogP contribution in [0, 0.1) is 0 Å². The molecule has 0 bridgehead atoms. The molecule has 0 aliphatic carbocycles. The summed E-state index contributed by atoms with van der Waals surface area (Å²) in [7, 11) is 4.30. The number of carbonyl (C=O) groups excluding carboxylic acids is 1. The maximum absolute atomic E-state index is 10.8. The summed E-state index contributed by atoms with van der Waals surface area (Å²) in [4.78, 5) is 15.5. The van der Waals surface area contributed by atoms with Crippen LogP contribution in [0.25, 0.3) is 0 Å². The number of carbonyl (C=O) groups is 1. The molecule has 1 aliphatic heterocycles. The lowest BCUT2D eigenvalue weighted by Crippen LogP contribution is -2.49. The summed E-state index contributed by atoms with van der Waals surface area (Å²) < 4.78 is 0. The Hall–Kier alpha value is -0.410. The fourth-order valence-electron chi connectivity index (χ4n) is 1.78. The summed E-state index contributed by atoms with van der Waals surface area (Å²) >= 11 is 0. The molecular weight excluding hydrogens is 164 g/mol. The Labute approximate surface area is 80.7 Å². The van der Waals surface area contributed by atoms with Crippen molar-refractivity contribution in [1.29, 1.82) is 0 Å². The van der Waals surface area contributed by atoms with Crippen LogP contribution < -0.4 is 0 Å². The molecule has 0 radical (unpaired) electrons. The zero-order chi connectivity index (χ0) is 9.84. The Morgan fingerprint density at radius 1 is 1.38 bits per heavy atom. The topological polar surface area (TPSA) is 23.6 Å². The van der Waals surface area contributed by atoms with Gasteiger partial charge in [-0.15, -0.1) is 0 Å². The van der Waals surface area contributed by atoms with Crippen LogP contribution in [0.4, 0.5) is 0 Å². The van der Waals surface area contributed by atoms with Gasteiger partial charge in [-0.25, -0.2) is 0 Å². The number of nitrogens with zero attached hydrogens (tertiary/aromatic N) is 2. The van der Waals surface area contributed by atoms with Crippen molar-refractivity contribution in [2.24, 2.45) is 0 Å². The number of hydrogen-bond acceptors (Lipinski definition) is 3. The van der Waals surface area contributed by atoms with Gasteiger partial charge in [-0.05, 0) is 27.4 Å². The molecular formula is C10H20N2O. The van der Waals surface area contributed by atoms with Gasteiger partial charge in [-0.2, -0.15) is 0 Å². The molecule has 0 amide bonds. The fraction of sp³-hybridized carbons (Fsp3) is 0.900. The average Bonchev–Trinajstić information content (AvgIpc) is 2.06. The fourth-order valence-corrected chi connectivity index (χ4v) is 1.78. The molecule has 0 aromatic heterocycles. The monoisotopic (exact) mass is 184 g/mol. The third-order valence-corrected chi connectivity index (χ3v) is 2.81. The van der Waals surface area contributed by atoms with Crippen LogP contribution in [0.2, 0.25) is 0 Å². The summed E-state index contributed by atoms with van der Waals surface area (Å²) in [6, 6.07) is 0.572. The second-order valence-electron chi connectivity index (χ2n) is 4.14. The predicted molar refractivity (Wildman–Crippen MR) is 53.8 cm³/mol. The van der Waals surface area contributed by atoms with E-state index in [1.54, 1.807) is 6.92 Å². The summed E-state index contributed by atoms with van der Waals surface area (Å²) in [5.41, 5.74) is 0. The number of hydrogen-bond donors (Lipinski definition) is 0. The number of Topliss-reactive ketones (excluding diaryl/α,β-unsaturated/α-hetero) is 1. The first-order chi connectivity index (χ1) is 6.09. The van der Waals surface area contributed by atoms with Crippen molar-refractivity contribution >= 4 is 5.78 Å². The van der Waals surface area contributed by atoms with E-state index in [0.29, 0.717) is 11.8 Å². The van der Waals surface area contributed by atoms with Gasteiger partial charge in [0.15, 0.2) is 0 Å². The lowest BCUT2D eigenvalue weighted by Gasteiger charge is -2.37. The first-order valence-electron chi connectivity index (χ1n) is 4.98. The van der Waals surface area contributed by atoms with Crippen molar-refractivity contribution in [3.63, 3.8) is 0 Å². The highest BCUT2D eigenvalue weighted by atomic mass is 16.1. The molecule has 13 heavy (non-hydrogen) atoms. The highest BCUT2D eigenvalue weighted by Crippen LogP contribution is 2.11. The minimum absolute atomic E-state index is 0.307. The molecule has 1 aliphatic rings. The molecule has 1 heterocycles. The summed E-state index contributed by atoms with van der Waals surface area (Å²) in [5, 5.41) is 0. The summed E-state index contributed by atoms with van der Waals surface area (Å²) in [6.45, 7) is 5.04. The smallest absolute Gasteiger partial charge is 0.129 e. The minimum Gasteiger partial charge on any atom is -0.304 e. The third kappa shape index (κ3) is 3.44. The molecule has 76 valence electrons. The van der Waals surface area contributed by atoms with Crippen molar-refractivity contribution in [2.75, 3.05) is 33.7 Å². The third-order valence-electron chi connectivity index (χ3n) is 2.81. The molecule has 0 N–H and O–H groups in total. The Balaban J connectivity index is 2.33. The van der Waals surface area contributed by atoms with Gasteiger partial charge in [0.05, 0.1) is 0 Å². The van der Waals surface area contributed by atoms with Gasteiger partial charge < -0.3 is 14.6 Å². The van der Waals surface area contributed by atoms with Crippen LogP contribution >= 0.6 is 0 Å². The predicted octanol–water partition coefficient (Wildman–Crippen LogP) is 0.601. The van der Waals surface area contributed by atoms with Gasteiger partial charge in [0, 0.05) is 32.1 Å². The molecule has 0 spiro atoms. The van der Waals surface area contributed by atoms with Gasteiger partial charge in [0.2, 0.25) is 0 Å². The second kappa shape index (κ2) is 4.72. The first kappa shape index (κ1) is 10.7. The Morgan fingerprint density at radius 3 is 2.69 bits per heavy atom. The second-order valence-corrected chi connectivity index (χ2v) is 4.14. The van der Waals surface area contributed by atoms with Crippen LogP contribution in [-0.4, -0.2) is 55.4 Å². The molecule has 0 unspecified atom stereocenters. The first-order valence-corrected chi connectivity index (χ1v) is 4.98. The Morgan fingerprint density at radius 2 is 2.08 bits per heavy atom. The molecule has 1 saturated heterocycles. The normalized spacial score (nSPS) is 26.2. The highest BCUT2D eigenvalue weighted by molar-refractivity contribution is 5.75. The van der Waals surface area contributed by atoms with Gasteiger partial charge in [0.1, 0.15) is 5.78 Å². The van der Waals surface area contributed by atoms with Crippen molar-refractivity contribution in [1.82, 2.24) is 9.80 Å². The largest absolute Gasteiger partial charge is 0.304 e. The van der Waals surface area contributed by atoms with E-state index in [0.717, 1.165) is 32.5 Å². The molecule has 0 aromatic carbocycles. The molecule has 1 rings (SSSR count). The maximum atomic E-state index is 10.8. The molecule has 1 fully saturated rings. The van der Waals surface area contributed by atoms with Gasteiger partial charge in [-0.3, -0.25) is 0 Å². The lowest BCUT2D eigenvalue weighted by atomic mass is 10.1. The van der Waals surface area contributed by atoms with Crippen molar-refractivity contribution in [3.8, 4) is 0 Å². The highest BCUT2D eigenvalue weighted by Gasteiger charge is 2.21. The van der Waals surface area contributed by atoms with Gasteiger partial charge in [0.25, 0.3) is 0 Å². The lowest BCUT2D eigenvalue weighted by molar-refractivity contribution is -0.117. The van der Waals surface area contributed by atoms with Crippen LogP contribution in [0.1, 0.15) is 19.8 Å². The number of likely N-dealkylation sites (N-methyl/N-ethyl adjacent to an activating group) is 2. The zero-order valence-corrected chi connectivity index (χ0v) is 8.92. The van der Waals surface area contributed by atoms with E-state index in [1.165, 1.54) is 0 Å². The van der Waals surface area contributed by atoms with E-state index in [9.17, 15) is 4.79 Å². The van der Waals surface area contributed by atoms with E-state index in [1.807, 2.05) is 0 Å². The van der Waals surface area contributed by atoms with E-state index in [4.69, 9.17) is 0 Å². The molecule has 1 atom stereocenters. The Kier molecular flexibility index (Phi) is 3.88. The maximum Gasteiger partial charge on any atom is 0.129 e. The average molecular weight is 184 g/mol. The summed E-state index contributed by atoms with van der Waals surface area (Å²) in [6.07, 6.45) is 1.74. The Bertz CT molecular complexity index is 182. The standard InChI is InChI=1S/C10H20N2O/c1-9(13)4-5-10-8-11(2)6-7-12(10)3/h10H,4-8H2,1-3H3/t10-/m1/s1. The van der Waals surface area contributed by atoms with Crippen LogP contribution in [0.5, 0.6) is 0 Å². The van der Waals surface area contributed by atoms with Crippen molar-refractivity contribution in [2.45, 2.75) is 25.8 Å². The van der Waals surface area contributed by atoms with E-state index < -0.39 is 0 Å². The summed E-state index contributed by atoms with van der Waals surface area (Å²) in [5.74, 6) is 0.307. The van der Waals surface area contributed by atoms with E-state index in [-0.39, 0.29) is 0 Å². The van der Waals surface area contributed by atoms with E-state index >= 15 is 0 Å². The zero-order valence-electron chi connectivity index (χ0n) is 8.92. The van der Waals surface area contributed by atoms with Gasteiger partial charge in [-0.1, -0.05) is 0 Å². The van der Waals surface area contributed by atoms with Crippen molar-refractivity contribution < 1.29 is 4.79 Å². The van der Waals surface area contributed by atoms with E-state index in [2.05, 4.69) is 23.9 Å². The number of piperazine rings is 1. The SMILES string of the molecule is CC(=O)CC[C@@H]1CN(C)CCN1C. The van der Waals surface area contributed by atoms with Gasteiger partial charge >= 0.3 is 0 Å². The molecule has 3 heteroatoms. The number of ketones is 1. The molecule has 3 nitrogen and oxygen atoms in total.